The number of methoxy groups -OCH3 is 1. The maximum Gasteiger partial charge on any atom is 0.279 e. The Morgan fingerprint density at radius 2 is 2.07 bits per heavy atom. The number of ether oxygens (including phenoxy) is 1. The van der Waals surface area contributed by atoms with Crippen molar-refractivity contribution in [3.05, 3.63) is 70.0 Å². The molecular formula is C20H17N3O3S. The zero-order valence-electron chi connectivity index (χ0n) is 14.6. The topological polar surface area (TPSA) is 72.7 Å². The Morgan fingerprint density at radius 1 is 1.26 bits per heavy atom. The first-order valence-corrected chi connectivity index (χ1v) is 9.33. The van der Waals surface area contributed by atoms with Gasteiger partial charge in [0.1, 0.15) is 0 Å². The van der Waals surface area contributed by atoms with Gasteiger partial charge in [-0.2, -0.15) is 9.61 Å². The van der Waals surface area contributed by atoms with E-state index in [1.54, 1.807) is 19.4 Å². The van der Waals surface area contributed by atoms with Gasteiger partial charge in [-0.25, -0.2) is 0 Å². The van der Waals surface area contributed by atoms with Crippen molar-refractivity contribution in [2.75, 3.05) is 20.3 Å². The lowest BCUT2D eigenvalue weighted by molar-refractivity contribution is 0.0938. The number of hydrogen-bond donors (Lipinski definition) is 1. The van der Waals surface area contributed by atoms with E-state index in [0.29, 0.717) is 29.8 Å². The summed E-state index contributed by atoms with van der Waals surface area (Å²) in [7, 11) is 1.58. The van der Waals surface area contributed by atoms with Gasteiger partial charge in [-0.3, -0.25) is 9.59 Å². The Hall–Kier alpha value is -3.03. The molecular weight excluding hydrogens is 362 g/mol. The number of rotatable bonds is 5. The highest BCUT2D eigenvalue weighted by Crippen LogP contribution is 2.28. The van der Waals surface area contributed by atoms with E-state index in [-0.39, 0.29) is 11.5 Å². The number of nitrogens with one attached hydrogen (secondary N) is 1. The van der Waals surface area contributed by atoms with Gasteiger partial charge in [-0.15, -0.1) is 11.3 Å². The molecule has 0 unspecified atom stereocenters. The number of amides is 1. The molecule has 0 saturated heterocycles. The molecule has 0 radical (unpaired) electrons. The highest BCUT2D eigenvalue weighted by molar-refractivity contribution is 7.18. The standard InChI is InChI=1S/C20H17N3O3S/c1-26-9-8-21-19(24)16-11-15(13-5-3-2-4-6-13)20(25)23-17(16)18-14(12-22-23)7-10-27-18/h2-7,10-12H,8-9H2,1H3,(H,21,24). The molecule has 1 amide bonds. The zero-order chi connectivity index (χ0) is 18.8. The molecule has 136 valence electrons. The molecule has 4 aromatic rings. The van der Waals surface area contributed by atoms with E-state index in [1.807, 2.05) is 41.8 Å². The average molecular weight is 379 g/mol. The number of thiophene rings is 1. The van der Waals surface area contributed by atoms with Gasteiger partial charge in [0.05, 0.1) is 28.6 Å². The number of hydrogen-bond acceptors (Lipinski definition) is 5. The Balaban J connectivity index is 2.00. The van der Waals surface area contributed by atoms with E-state index in [9.17, 15) is 9.59 Å². The van der Waals surface area contributed by atoms with Crippen LogP contribution in [0.1, 0.15) is 10.4 Å². The quantitative estimate of drug-likeness (QED) is 0.541. The summed E-state index contributed by atoms with van der Waals surface area (Å²) in [4.78, 5) is 26.0. The van der Waals surface area contributed by atoms with Crippen LogP contribution in [0.5, 0.6) is 0 Å². The second-order valence-corrected chi connectivity index (χ2v) is 6.92. The van der Waals surface area contributed by atoms with E-state index >= 15 is 0 Å². The van der Waals surface area contributed by atoms with Crippen LogP contribution in [0.15, 0.2) is 58.8 Å². The van der Waals surface area contributed by atoms with Crippen molar-refractivity contribution in [2.45, 2.75) is 0 Å². The molecule has 0 saturated carbocycles. The van der Waals surface area contributed by atoms with Crippen LogP contribution in [0.2, 0.25) is 0 Å². The summed E-state index contributed by atoms with van der Waals surface area (Å²) >= 11 is 1.48. The lowest BCUT2D eigenvalue weighted by Crippen LogP contribution is -2.29. The molecule has 0 spiro atoms. The van der Waals surface area contributed by atoms with Gasteiger partial charge in [0, 0.05) is 24.6 Å². The average Bonchev–Trinajstić information content (AvgIpc) is 3.18. The minimum atomic E-state index is -0.260. The first kappa shape index (κ1) is 17.4. The second-order valence-electron chi connectivity index (χ2n) is 6.00. The molecule has 27 heavy (non-hydrogen) atoms. The van der Waals surface area contributed by atoms with Crippen molar-refractivity contribution < 1.29 is 9.53 Å². The fourth-order valence-corrected chi connectivity index (χ4v) is 3.94. The summed E-state index contributed by atoms with van der Waals surface area (Å²) in [5.74, 6) is -0.260. The minimum Gasteiger partial charge on any atom is -0.383 e. The van der Waals surface area contributed by atoms with Crippen molar-refractivity contribution in [3.63, 3.8) is 0 Å². The molecule has 0 bridgehead atoms. The molecule has 0 aliphatic carbocycles. The van der Waals surface area contributed by atoms with E-state index in [0.717, 1.165) is 15.6 Å². The first-order valence-electron chi connectivity index (χ1n) is 8.45. The molecule has 1 aromatic carbocycles. The molecule has 1 N–H and O–H groups in total. The van der Waals surface area contributed by atoms with E-state index in [1.165, 1.54) is 15.9 Å². The van der Waals surface area contributed by atoms with Gasteiger partial charge >= 0.3 is 0 Å². The summed E-state index contributed by atoms with van der Waals surface area (Å²) in [5, 5.41) is 9.98. The van der Waals surface area contributed by atoms with Crippen LogP contribution >= 0.6 is 11.3 Å². The van der Waals surface area contributed by atoms with Crippen LogP contribution in [0.3, 0.4) is 0 Å². The molecule has 6 nitrogen and oxygen atoms in total. The van der Waals surface area contributed by atoms with Gasteiger partial charge in [-0.05, 0) is 23.1 Å². The number of benzene rings is 1. The molecule has 4 rings (SSSR count). The Bertz CT molecular complexity index is 1180. The highest BCUT2D eigenvalue weighted by atomic mass is 32.1. The first-order chi connectivity index (χ1) is 13.2. The fourth-order valence-electron chi connectivity index (χ4n) is 3.03. The monoisotopic (exact) mass is 379 g/mol. The van der Waals surface area contributed by atoms with Gasteiger partial charge in [-0.1, -0.05) is 30.3 Å². The number of carbonyl (C=O) groups is 1. The largest absolute Gasteiger partial charge is 0.383 e. The lowest BCUT2D eigenvalue weighted by atomic mass is 10.0. The van der Waals surface area contributed by atoms with Crippen molar-refractivity contribution in [2.24, 2.45) is 0 Å². The Labute approximate surface area is 159 Å². The smallest absolute Gasteiger partial charge is 0.279 e. The van der Waals surface area contributed by atoms with Crippen LogP contribution in [-0.2, 0) is 4.74 Å². The predicted molar refractivity (Wildman–Crippen MR) is 106 cm³/mol. The third kappa shape index (κ3) is 3.11. The summed E-state index contributed by atoms with van der Waals surface area (Å²) in [6, 6.07) is 12.9. The Morgan fingerprint density at radius 3 is 2.85 bits per heavy atom. The van der Waals surface area contributed by atoms with Gasteiger partial charge in [0.15, 0.2) is 0 Å². The lowest BCUT2D eigenvalue weighted by Gasteiger charge is -2.12. The third-order valence-electron chi connectivity index (χ3n) is 4.32. The van der Waals surface area contributed by atoms with E-state index in [2.05, 4.69) is 10.4 Å². The van der Waals surface area contributed by atoms with E-state index in [4.69, 9.17) is 4.74 Å². The van der Waals surface area contributed by atoms with Gasteiger partial charge in [0.25, 0.3) is 11.5 Å². The normalized spacial score (nSPS) is 11.1. The maximum absolute atomic E-state index is 13.1. The van der Waals surface area contributed by atoms with Crippen molar-refractivity contribution in [1.82, 2.24) is 14.9 Å². The molecule has 3 heterocycles. The van der Waals surface area contributed by atoms with Crippen LogP contribution in [0.25, 0.3) is 26.7 Å². The maximum atomic E-state index is 13.1. The van der Waals surface area contributed by atoms with Crippen LogP contribution < -0.4 is 10.9 Å². The zero-order valence-corrected chi connectivity index (χ0v) is 15.5. The number of aromatic nitrogens is 2. The highest BCUT2D eigenvalue weighted by Gasteiger charge is 2.19. The number of nitrogens with zero attached hydrogens (tertiary/aromatic N) is 2. The summed E-state index contributed by atoms with van der Waals surface area (Å²) in [5.41, 5.74) is 1.89. The molecule has 0 fully saturated rings. The number of fused-ring (bicyclic) bond motifs is 3. The van der Waals surface area contributed by atoms with Crippen molar-refractivity contribution >= 4 is 32.8 Å². The minimum absolute atomic E-state index is 0.250. The summed E-state index contributed by atoms with van der Waals surface area (Å²) < 4.78 is 7.19. The summed E-state index contributed by atoms with van der Waals surface area (Å²) in [6.07, 6.45) is 1.65. The molecule has 7 heteroatoms. The molecule has 0 aliphatic rings. The van der Waals surface area contributed by atoms with Gasteiger partial charge in [0.2, 0.25) is 0 Å². The summed E-state index contributed by atoms with van der Waals surface area (Å²) in [6.45, 7) is 0.795. The third-order valence-corrected chi connectivity index (χ3v) is 5.26. The second kappa shape index (κ2) is 7.30. The predicted octanol–water partition coefficient (Wildman–Crippen LogP) is 2.95. The Kier molecular flexibility index (Phi) is 4.70. The van der Waals surface area contributed by atoms with Crippen molar-refractivity contribution in [1.29, 1.82) is 0 Å². The van der Waals surface area contributed by atoms with Crippen LogP contribution in [-0.4, -0.2) is 35.8 Å². The SMILES string of the molecule is COCCNC(=O)c1cc(-c2ccccc2)c(=O)n2ncc3ccsc3c12. The van der Waals surface area contributed by atoms with Gasteiger partial charge < -0.3 is 10.1 Å². The molecule has 0 aliphatic heterocycles. The number of pyridine rings is 1. The number of carbonyl (C=O) groups excluding carboxylic acids is 1. The van der Waals surface area contributed by atoms with Crippen LogP contribution in [0.4, 0.5) is 0 Å². The fraction of sp³-hybridized carbons (Fsp3) is 0.150. The van der Waals surface area contributed by atoms with Crippen LogP contribution in [0, 0.1) is 0 Å². The molecule has 0 atom stereocenters. The molecule has 3 aromatic heterocycles. The van der Waals surface area contributed by atoms with E-state index < -0.39 is 0 Å². The van der Waals surface area contributed by atoms with Crippen molar-refractivity contribution in [3.8, 4) is 11.1 Å².